The molecule has 0 amide bonds. The summed E-state index contributed by atoms with van der Waals surface area (Å²) in [5, 5.41) is 7.42. The van der Waals surface area contributed by atoms with Crippen molar-refractivity contribution in [1.82, 2.24) is 0 Å². The topological polar surface area (TPSA) is 37.3 Å². The van der Waals surface area contributed by atoms with Gasteiger partial charge in [0.25, 0.3) is 5.97 Å². The van der Waals surface area contributed by atoms with Crippen LogP contribution < -0.4 is 0 Å². The molecule has 8 heavy (non-hydrogen) atoms. The summed E-state index contributed by atoms with van der Waals surface area (Å²) in [5.41, 5.74) is 0. The Balaban J connectivity index is 0. The van der Waals surface area contributed by atoms with Crippen LogP contribution in [0.4, 0.5) is 0 Å². The molecule has 0 atom stereocenters. The number of carboxylic acids is 1. The third-order valence-electron chi connectivity index (χ3n) is 0. The summed E-state index contributed by atoms with van der Waals surface area (Å²) in [7, 11) is 0. The van der Waals surface area contributed by atoms with E-state index in [1.807, 2.05) is 0 Å². The van der Waals surface area contributed by atoms with Crippen molar-refractivity contribution in [3.63, 3.8) is 0 Å². The molecule has 0 radical (unpaired) electrons. The predicted molar refractivity (Wildman–Crippen MR) is 37.4 cm³/mol. The Bertz CT molecular complexity index is 54.7. The molecule has 0 fully saturated rings. The normalized spacial score (nSPS) is 7.62. The number of alkyl halides is 1. The molecule has 3 heteroatoms. The summed E-state index contributed by atoms with van der Waals surface area (Å²) >= 11 is 3.27. The van der Waals surface area contributed by atoms with Gasteiger partial charge in [-0.3, -0.25) is 4.79 Å². The molecule has 0 aromatic rings. The maximum Gasteiger partial charge on any atom is 0.300 e. The van der Waals surface area contributed by atoms with E-state index in [-0.39, 0.29) is 0 Å². The molecule has 0 saturated heterocycles. The third-order valence-corrected chi connectivity index (χ3v) is 0. The van der Waals surface area contributed by atoms with Crippen molar-refractivity contribution in [2.45, 2.75) is 25.6 Å². The van der Waals surface area contributed by atoms with E-state index in [2.05, 4.69) is 29.8 Å². The second kappa shape index (κ2) is 6.95. The highest BCUT2D eigenvalue weighted by atomic mass is 79.9. The predicted octanol–water partition coefficient (Wildman–Crippen LogP) is 1.88. The molecule has 0 saturated carbocycles. The molecule has 0 aliphatic carbocycles. The number of carbonyl (C=O) groups is 1. The Hall–Kier alpha value is -0.0500. The van der Waals surface area contributed by atoms with Crippen LogP contribution in [-0.4, -0.2) is 15.9 Å². The van der Waals surface area contributed by atoms with Crippen molar-refractivity contribution in [1.29, 1.82) is 0 Å². The second-order valence-electron chi connectivity index (χ2n) is 1.53. The van der Waals surface area contributed by atoms with Gasteiger partial charge in [0.2, 0.25) is 0 Å². The standard InChI is InChI=1S/C3H7Br.C2H4O2/c1-3(2)4;1-2(3)4/h3H,1-2H3;1H3,(H,3,4). The maximum atomic E-state index is 9.00. The van der Waals surface area contributed by atoms with Gasteiger partial charge < -0.3 is 5.11 Å². The summed E-state index contributed by atoms with van der Waals surface area (Å²) < 4.78 is 0. The van der Waals surface area contributed by atoms with Gasteiger partial charge in [-0.2, -0.15) is 0 Å². The third kappa shape index (κ3) is 58300. The number of aliphatic carboxylic acids is 1. The van der Waals surface area contributed by atoms with Gasteiger partial charge in [0.15, 0.2) is 0 Å². The van der Waals surface area contributed by atoms with E-state index in [4.69, 9.17) is 9.90 Å². The molecule has 50 valence electrons. The van der Waals surface area contributed by atoms with Gasteiger partial charge in [-0.05, 0) is 0 Å². The first-order valence-electron chi connectivity index (χ1n) is 2.30. The Morgan fingerprint density at radius 3 is 1.62 bits per heavy atom. The second-order valence-corrected chi connectivity index (χ2v) is 3.36. The largest absolute Gasteiger partial charge is 0.481 e. The fourth-order valence-electron chi connectivity index (χ4n) is 0. The molecule has 0 aliphatic rings. The zero-order valence-corrected chi connectivity index (χ0v) is 6.90. The molecule has 0 rings (SSSR count). The minimum atomic E-state index is -0.833. The number of halogens is 1. The minimum Gasteiger partial charge on any atom is -0.481 e. The van der Waals surface area contributed by atoms with Crippen molar-refractivity contribution in [2.75, 3.05) is 0 Å². The van der Waals surface area contributed by atoms with Crippen LogP contribution >= 0.6 is 15.9 Å². The van der Waals surface area contributed by atoms with E-state index < -0.39 is 5.97 Å². The Morgan fingerprint density at radius 1 is 1.62 bits per heavy atom. The van der Waals surface area contributed by atoms with Crippen LogP contribution in [0.3, 0.4) is 0 Å². The lowest BCUT2D eigenvalue weighted by Gasteiger charge is -1.76. The van der Waals surface area contributed by atoms with E-state index in [0.29, 0.717) is 4.83 Å². The molecule has 0 unspecified atom stereocenters. The minimum absolute atomic E-state index is 0.646. The molecule has 0 aliphatic heterocycles. The van der Waals surface area contributed by atoms with Crippen LogP contribution in [-0.2, 0) is 4.79 Å². The first-order valence-corrected chi connectivity index (χ1v) is 3.22. The van der Waals surface area contributed by atoms with Gasteiger partial charge in [0.05, 0.1) is 0 Å². The summed E-state index contributed by atoms with van der Waals surface area (Å²) in [6.07, 6.45) is 0. The maximum absolute atomic E-state index is 9.00. The van der Waals surface area contributed by atoms with Gasteiger partial charge in [0.1, 0.15) is 0 Å². The lowest BCUT2D eigenvalue weighted by Crippen LogP contribution is -1.78. The van der Waals surface area contributed by atoms with E-state index in [9.17, 15) is 0 Å². The van der Waals surface area contributed by atoms with Crippen LogP contribution in [0, 0.1) is 0 Å². The van der Waals surface area contributed by atoms with E-state index >= 15 is 0 Å². The summed E-state index contributed by atoms with van der Waals surface area (Å²) in [5.74, 6) is -0.833. The summed E-state index contributed by atoms with van der Waals surface area (Å²) in [6, 6.07) is 0. The summed E-state index contributed by atoms with van der Waals surface area (Å²) in [6.45, 7) is 5.25. The Kier molecular flexibility index (Phi) is 9.42. The van der Waals surface area contributed by atoms with Crippen LogP contribution in [0.25, 0.3) is 0 Å². The van der Waals surface area contributed by atoms with Gasteiger partial charge in [-0.15, -0.1) is 0 Å². The SMILES string of the molecule is CC(=O)O.CC(C)Br. The van der Waals surface area contributed by atoms with Crippen molar-refractivity contribution in [3.8, 4) is 0 Å². The number of hydrogen-bond acceptors (Lipinski definition) is 1. The monoisotopic (exact) mass is 182 g/mol. The molecular weight excluding hydrogens is 172 g/mol. The highest BCUT2D eigenvalue weighted by Gasteiger charge is 1.71. The smallest absolute Gasteiger partial charge is 0.300 e. The van der Waals surface area contributed by atoms with Crippen molar-refractivity contribution in [2.24, 2.45) is 0 Å². The lowest BCUT2D eigenvalue weighted by atomic mass is 10.6. The van der Waals surface area contributed by atoms with E-state index in [0.717, 1.165) is 6.92 Å². The number of rotatable bonds is 0. The van der Waals surface area contributed by atoms with Crippen LogP contribution in [0.5, 0.6) is 0 Å². The fraction of sp³-hybridized carbons (Fsp3) is 0.800. The zero-order chi connectivity index (χ0) is 7.15. The molecule has 0 aromatic carbocycles. The van der Waals surface area contributed by atoms with Crippen molar-refractivity contribution >= 4 is 21.9 Å². The molecule has 0 spiro atoms. The Labute approximate surface area is 58.0 Å². The first-order chi connectivity index (χ1) is 3.46. The Morgan fingerprint density at radius 2 is 1.62 bits per heavy atom. The van der Waals surface area contributed by atoms with Crippen molar-refractivity contribution < 1.29 is 9.90 Å². The molecule has 0 aromatic heterocycles. The van der Waals surface area contributed by atoms with Gasteiger partial charge >= 0.3 is 0 Å². The van der Waals surface area contributed by atoms with Crippen LogP contribution in [0.15, 0.2) is 0 Å². The molecule has 0 heterocycles. The highest BCUT2D eigenvalue weighted by molar-refractivity contribution is 9.09. The highest BCUT2D eigenvalue weighted by Crippen LogP contribution is 1.89. The van der Waals surface area contributed by atoms with E-state index in [1.54, 1.807) is 0 Å². The lowest BCUT2D eigenvalue weighted by molar-refractivity contribution is -0.134. The summed E-state index contributed by atoms with van der Waals surface area (Å²) in [4.78, 5) is 9.65. The van der Waals surface area contributed by atoms with Gasteiger partial charge in [-0.1, -0.05) is 29.8 Å². The molecule has 1 N–H and O–H groups in total. The van der Waals surface area contributed by atoms with Crippen LogP contribution in [0.2, 0.25) is 0 Å². The zero-order valence-electron chi connectivity index (χ0n) is 5.31. The average Bonchev–Trinajstić information content (AvgIpc) is 1.25. The number of carboxylic acid groups (broad SMARTS) is 1. The van der Waals surface area contributed by atoms with Crippen molar-refractivity contribution in [3.05, 3.63) is 0 Å². The van der Waals surface area contributed by atoms with E-state index in [1.165, 1.54) is 0 Å². The molecule has 0 bridgehead atoms. The fourth-order valence-corrected chi connectivity index (χ4v) is 0. The molecular formula is C5H11BrO2. The molecule has 2 nitrogen and oxygen atoms in total. The average molecular weight is 183 g/mol. The van der Waals surface area contributed by atoms with Gasteiger partial charge in [-0.25, -0.2) is 0 Å². The van der Waals surface area contributed by atoms with Gasteiger partial charge in [0, 0.05) is 11.8 Å². The quantitative estimate of drug-likeness (QED) is 0.582. The first kappa shape index (κ1) is 10.8. The van der Waals surface area contributed by atoms with Crippen LogP contribution in [0.1, 0.15) is 20.8 Å². The number of hydrogen-bond donors (Lipinski definition) is 1.